The van der Waals surface area contributed by atoms with E-state index in [4.69, 9.17) is 26.2 Å². The average molecular weight is 374 g/mol. The van der Waals surface area contributed by atoms with Gasteiger partial charge in [-0.25, -0.2) is 22.7 Å². The fourth-order valence-electron chi connectivity index (χ4n) is 1.77. The van der Waals surface area contributed by atoms with Crippen LogP contribution in [-0.4, -0.2) is 27.6 Å². The summed E-state index contributed by atoms with van der Waals surface area (Å²) in [6.45, 7) is -0.146. The highest BCUT2D eigenvalue weighted by atomic mass is 35.5. The molecular formula is C15H13ClFNO5S. The molecule has 0 amide bonds. The molecule has 0 heterocycles. The summed E-state index contributed by atoms with van der Waals surface area (Å²) >= 11 is 5.79. The second-order valence-corrected chi connectivity index (χ2v) is 6.63. The first-order valence-electron chi connectivity index (χ1n) is 6.65. The van der Waals surface area contributed by atoms with Crippen molar-refractivity contribution in [3.05, 3.63) is 58.9 Å². The summed E-state index contributed by atoms with van der Waals surface area (Å²) in [6.07, 6.45) is 0. The molecule has 0 aliphatic heterocycles. The normalized spacial score (nSPS) is 11.1. The van der Waals surface area contributed by atoms with Gasteiger partial charge in [-0.3, -0.25) is 0 Å². The van der Waals surface area contributed by atoms with E-state index in [0.717, 1.165) is 18.2 Å². The minimum Gasteiger partial charge on any atom is -0.490 e. The molecule has 0 aliphatic rings. The maximum absolute atomic E-state index is 13.6. The predicted molar refractivity (Wildman–Crippen MR) is 85.0 cm³/mol. The van der Waals surface area contributed by atoms with Crippen LogP contribution in [0.1, 0.15) is 10.4 Å². The van der Waals surface area contributed by atoms with Crippen LogP contribution in [0.4, 0.5) is 4.39 Å². The molecular weight excluding hydrogens is 361 g/mol. The first-order chi connectivity index (χ1) is 11.3. The van der Waals surface area contributed by atoms with Crippen LogP contribution in [0, 0.1) is 5.82 Å². The van der Waals surface area contributed by atoms with Gasteiger partial charge in [0, 0.05) is 5.02 Å². The summed E-state index contributed by atoms with van der Waals surface area (Å²) in [4.78, 5) is 11.5. The van der Waals surface area contributed by atoms with Gasteiger partial charge in [-0.2, -0.15) is 0 Å². The monoisotopic (exact) mass is 373 g/mol. The van der Waals surface area contributed by atoms with Crippen LogP contribution in [-0.2, 0) is 14.8 Å². The summed E-state index contributed by atoms with van der Waals surface area (Å²) in [5.41, 5.74) is -0.524. The van der Waals surface area contributed by atoms with E-state index in [1.54, 1.807) is 24.3 Å². The second-order valence-electron chi connectivity index (χ2n) is 4.63. The smallest absolute Gasteiger partial charge is 0.341 e. The van der Waals surface area contributed by atoms with E-state index in [0.29, 0.717) is 10.8 Å². The number of sulfonamides is 1. The van der Waals surface area contributed by atoms with Crippen molar-refractivity contribution in [1.82, 2.24) is 0 Å². The molecule has 0 aromatic heterocycles. The summed E-state index contributed by atoms with van der Waals surface area (Å²) in [5, 5.41) is 5.43. The predicted octanol–water partition coefficient (Wildman–Crippen LogP) is 2.36. The fraction of sp³-hybridized carbons (Fsp3) is 0.133. The van der Waals surface area contributed by atoms with Crippen molar-refractivity contribution >= 4 is 27.6 Å². The van der Waals surface area contributed by atoms with Crippen molar-refractivity contribution in [2.75, 3.05) is 13.2 Å². The van der Waals surface area contributed by atoms with Crippen LogP contribution in [0.25, 0.3) is 0 Å². The van der Waals surface area contributed by atoms with E-state index >= 15 is 0 Å². The number of benzene rings is 2. The molecule has 0 bridgehead atoms. The van der Waals surface area contributed by atoms with Gasteiger partial charge in [0.15, 0.2) is 0 Å². The Labute approximate surface area is 143 Å². The van der Waals surface area contributed by atoms with E-state index < -0.39 is 27.4 Å². The molecule has 0 spiro atoms. The van der Waals surface area contributed by atoms with Crippen molar-refractivity contribution in [1.29, 1.82) is 0 Å². The third kappa shape index (κ3) is 4.92. The SMILES string of the molecule is NS(=O)(=O)c1ccc(F)c(C(=O)OCCOc2cccc(Cl)c2)c1. The standard InChI is InChI=1S/C15H13ClFNO5S/c16-10-2-1-3-11(8-10)22-6-7-23-15(19)13-9-12(24(18,20)21)4-5-14(13)17/h1-5,8-9H,6-7H2,(H2,18,20,21). The van der Waals surface area contributed by atoms with Crippen molar-refractivity contribution in [3.8, 4) is 5.75 Å². The minimum atomic E-state index is -4.05. The van der Waals surface area contributed by atoms with Gasteiger partial charge in [0.05, 0.1) is 10.5 Å². The molecule has 128 valence electrons. The fourth-order valence-corrected chi connectivity index (χ4v) is 2.49. The molecule has 0 atom stereocenters. The zero-order chi connectivity index (χ0) is 17.7. The van der Waals surface area contributed by atoms with E-state index in [9.17, 15) is 17.6 Å². The second kappa shape index (κ2) is 7.61. The van der Waals surface area contributed by atoms with Crippen LogP contribution >= 0.6 is 11.6 Å². The zero-order valence-corrected chi connectivity index (χ0v) is 13.8. The Kier molecular flexibility index (Phi) is 5.76. The van der Waals surface area contributed by atoms with E-state index in [-0.39, 0.29) is 18.1 Å². The lowest BCUT2D eigenvalue weighted by Gasteiger charge is -2.09. The van der Waals surface area contributed by atoms with Crippen LogP contribution in [0.3, 0.4) is 0 Å². The van der Waals surface area contributed by atoms with Gasteiger partial charge in [0.1, 0.15) is 24.8 Å². The first kappa shape index (κ1) is 18.2. The third-order valence-electron chi connectivity index (χ3n) is 2.87. The Bertz CT molecular complexity index is 857. The van der Waals surface area contributed by atoms with Crippen molar-refractivity contribution in [3.63, 3.8) is 0 Å². The number of esters is 1. The van der Waals surface area contributed by atoms with Gasteiger partial charge in [-0.15, -0.1) is 0 Å². The number of ether oxygens (including phenoxy) is 2. The molecule has 2 N–H and O–H groups in total. The Morgan fingerprint density at radius 3 is 2.58 bits per heavy atom. The van der Waals surface area contributed by atoms with Crippen LogP contribution in [0.5, 0.6) is 5.75 Å². The molecule has 2 aromatic rings. The lowest BCUT2D eigenvalue weighted by atomic mass is 10.2. The molecule has 6 nitrogen and oxygen atoms in total. The maximum atomic E-state index is 13.6. The molecule has 9 heteroatoms. The average Bonchev–Trinajstić information content (AvgIpc) is 2.50. The van der Waals surface area contributed by atoms with Gasteiger partial charge in [-0.1, -0.05) is 17.7 Å². The van der Waals surface area contributed by atoms with Crippen molar-refractivity contribution < 1.29 is 27.1 Å². The molecule has 0 fully saturated rings. The third-order valence-corrected chi connectivity index (χ3v) is 4.01. The lowest BCUT2D eigenvalue weighted by molar-refractivity contribution is 0.0445. The van der Waals surface area contributed by atoms with Gasteiger partial charge in [0.25, 0.3) is 0 Å². The number of primary sulfonamides is 1. The molecule has 24 heavy (non-hydrogen) atoms. The number of hydrogen-bond acceptors (Lipinski definition) is 5. The maximum Gasteiger partial charge on any atom is 0.341 e. The van der Waals surface area contributed by atoms with Crippen LogP contribution in [0.15, 0.2) is 47.4 Å². The highest BCUT2D eigenvalue weighted by molar-refractivity contribution is 7.89. The van der Waals surface area contributed by atoms with Crippen molar-refractivity contribution in [2.24, 2.45) is 5.14 Å². The van der Waals surface area contributed by atoms with E-state index in [1.807, 2.05) is 0 Å². The number of halogens is 2. The number of nitrogens with two attached hydrogens (primary N) is 1. The van der Waals surface area contributed by atoms with Crippen molar-refractivity contribution in [2.45, 2.75) is 4.90 Å². The first-order valence-corrected chi connectivity index (χ1v) is 8.57. The highest BCUT2D eigenvalue weighted by Crippen LogP contribution is 2.17. The number of hydrogen-bond donors (Lipinski definition) is 1. The van der Waals surface area contributed by atoms with Crippen LogP contribution < -0.4 is 9.88 Å². The Morgan fingerprint density at radius 2 is 1.92 bits per heavy atom. The molecule has 0 radical (unpaired) electrons. The Morgan fingerprint density at radius 1 is 1.17 bits per heavy atom. The highest BCUT2D eigenvalue weighted by Gasteiger charge is 2.18. The molecule has 2 rings (SSSR count). The summed E-state index contributed by atoms with van der Waals surface area (Å²) < 4.78 is 46.3. The number of rotatable bonds is 6. The zero-order valence-electron chi connectivity index (χ0n) is 12.2. The lowest BCUT2D eigenvalue weighted by Crippen LogP contribution is -2.16. The quantitative estimate of drug-likeness (QED) is 0.619. The Hall–Kier alpha value is -2.16. The van der Waals surface area contributed by atoms with E-state index in [2.05, 4.69) is 0 Å². The minimum absolute atomic E-state index is 0.0164. The Balaban J connectivity index is 1.95. The van der Waals surface area contributed by atoms with Gasteiger partial charge >= 0.3 is 5.97 Å². The van der Waals surface area contributed by atoms with Crippen LogP contribution in [0.2, 0.25) is 5.02 Å². The number of carbonyl (C=O) groups excluding carboxylic acids is 1. The largest absolute Gasteiger partial charge is 0.490 e. The number of carbonyl (C=O) groups is 1. The van der Waals surface area contributed by atoms with Gasteiger partial charge in [0.2, 0.25) is 10.0 Å². The molecule has 0 saturated heterocycles. The molecule has 2 aromatic carbocycles. The topological polar surface area (TPSA) is 95.7 Å². The molecule has 0 saturated carbocycles. The summed E-state index contributed by atoms with van der Waals surface area (Å²) in [6, 6.07) is 9.24. The molecule has 0 aliphatic carbocycles. The van der Waals surface area contributed by atoms with Gasteiger partial charge in [-0.05, 0) is 36.4 Å². The van der Waals surface area contributed by atoms with E-state index in [1.165, 1.54) is 0 Å². The summed E-state index contributed by atoms with van der Waals surface area (Å²) in [7, 11) is -4.05. The summed E-state index contributed by atoms with van der Waals surface area (Å²) in [5.74, 6) is -1.45. The molecule has 0 unspecified atom stereocenters. The van der Waals surface area contributed by atoms with Gasteiger partial charge < -0.3 is 9.47 Å².